The molecule has 40 heavy (non-hydrogen) atoms. The van der Waals surface area contributed by atoms with E-state index in [2.05, 4.69) is 5.32 Å². The summed E-state index contributed by atoms with van der Waals surface area (Å²) in [6.07, 6.45) is 1.95. The molecule has 3 aromatic carbocycles. The van der Waals surface area contributed by atoms with Crippen molar-refractivity contribution in [3.8, 4) is 0 Å². The zero-order valence-corrected chi connectivity index (χ0v) is 24.4. The number of nitrogens with one attached hydrogen (secondary N) is 1. The number of rotatable bonds is 15. The fraction of sp³-hybridized carbons (Fsp3) is 0.333. The minimum atomic E-state index is -3.74. The fourth-order valence-electron chi connectivity index (χ4n) is 4.21. The minimum Gasteiger partial charge on any atom is -0.385 e. The van der Waals surface area contributed by atoms with Gasteiger partial charge in [0.1, 0.15) is 6.04 Å². The smallest absolute Gasteiger partial charge is 0.243 e. The molecule has 0 aliphatic heterocycles. The molecule has 1 N–H and O–H groups in total. The lowest BCUT2D eigenvalue weighted by atomic mass is 10.0. The first-order valence-electron chi connectivity index (χ1n) is 13.0. The Balaban J connectivity index is 1.95. The molecule has 0 bridgehead atoms. The highest BCUT2D eigenvalue weighted by Gasteiger charge is 2.32. The summed E-state index contributed by atoms with van der Waals surface area (Å²) >= 11 is 6.08. The van der Waals surface area contributed by atoms with Crippen LogP contribution in [-0.2, 0) is 43.9 Å². The number of hydrogen-bond acceptors (Lipinski definition) is 5. The fourth-order valence-corrected chi connectivity index (χ4v) is 5.06. The van der Waals surface area contributed by atoms with Crippen LogP contribution in [0.1, 0.15) is 23.1 Å². The van der Waals surface area contributed by atoms with Crippen LogP contribution in [0.3, 0.4) is 0 Å². The minimum absolute atomic E-state index is 0.0345. The van der Waals surface area contributed by atoms with E-state index in [1.807, 2.05) is 48.5 Å². The van der Waals surface area contributed by atoms with E-state index in [9.17, 15) is 18.0 Å². The Morgan fingerprint density at radius 1 is 0.875 bits per heavy atom. The second-order valence-corrected chi connectivity index (χ2v) is 11.9. The number of ether oxygens (including phenoxy) is 1. The summed E-state index contributed by atoms with van der Waals surface area (Å²) in [6, 6.07) is 24.6. The number of hydrogen-bond donors (Lipinski definition) is 1. The second kappa shape index (κ2) is 15.5. The number of sulfonamides is 1. The standard InChI is InChI=1S/C30H36ClN3O5S/c1-39-19-9-18-32-30(36)28(20-24-10-5-3-6-11-24)34(22-26-14-16-27(31)17-15-26)29(35)23-33(40(2,37)38)21-25-12-7-4-8-13-25/h3-8,10-17,28H,9,18-23H2,1-2H3,(H,32,36)/t28-/m0/s1. The molecular weight excluding hydrogens is 550 g/mol. The summed E-state index contributed by atoms with van der Waals surface area (Å²) in [5, 5.41) is 3.47. The topological polar surface area (TPSA) is 96.0 Å². The molecule has 0 heterocycles. The highest BCUT2D eigenvalue weighted by atomic mass is 35.5. The van der Waals surface area contributed by atoms with E-state index in [4.69, 9.17) is 16.3 Å². The van der Waals surface area contributed by atoms with Gasteiger partial charge in [-0.2, -0.15) is 4.31 Å². The van der Waals surface area contributed by atoms with Gasteiger partial charge in [0.05, 0.1) is 12.8 Å². The molecule has 0 fully saturated rings. The van der Waals surface area contributed by atoms with Crippen molar-refractivity contribution in [2.24, 2.45) is 0 Å². The SMILES string of the molecule is COCCCNC(=O)[C@H](Cc1ccccc1)N(Cc1ccc(Cl)cc1)C(=O)CN(Cc1ccccc1)S(C)(=O)=O. The molecule has 0 radical (unpaired) electrons. The Morgan fingerprint density at radius 3 is 2.02 bits per heavy atom. The van der Waals surface area contributed by atoms with Crippen LogP contribution in [0.25, 0.3) is 0 Å². The third kappa shape index (κ3) is 10.1. The van der Waals surface area contributed by atoms with Gasteiger partial charge in [0.15, 0.2) is 0 Å². The molecule has 0 saturated carbocycles. The molecule has 0 aliphatic carbocycles. The quantitative estimate of drug-likeness (QED) is 0.273. The number of methoxy groups -OCH3 is 1. The van der Waals surface area contributed by atoms with Gasteiger partial charge in [-0.05, 0) is 35.2 Å². The van der Waals surface area contributed by atoms with Gasteiger partial charge < -0.3 is 15.0 Å². The van der Waals surface area contributed by atoms with Crippen molar-refractivity contribution >= 4 is 33.4 Å². The molecule has 0 aliphatic rings. The highest BCUT2D eigenvalue weighted by molar-refractivity contribution is 7.88. The van der Waals surface area contributed by atoms with E-state index < -0.39 is 28.5 Å². The lowest BCUT2D eigenvalue weighted by Gasteiger charge is -2.33. The van der Waals surface area contributed by atoms with Crippen LogP contribution in [-0.4, -0.2) is 68.5 Å². The molecule has 1 atom stereocenters. The summed E-state index contributed by atoms with van der Waals surface area (Å²) in [7, 11) is -2.15. The van der Waals surface area contributed by atoms with Gasteiger partial charge in [-0.1, -0.05) is 84.4 Å². The van der Waals surface area contributed by atoms with E-state index in [1.165, 1.54) is 4.90 Å². The Morgan fingerprint density at radius 2 is 1.45 bits per heavy atom. The molecule has 8 nitrogen and oxygen atoms in total. The molecule has 214 valence electrons. The Labute approximate surface area is 241 Å². The van der Waals surface area contributed by atoms with Crippen LogP contribution in [0.15, 0.2) is 84.9 Å². The first kappa shape index (κ1) is 31.3. The number of nitrogens with zero attached hydrogens (tertiary/aromatic N) is 2. The highest BCUT2D eigenvalue weighted by Crippen LogP contribution is 2.18. The van der Waals surface area contributed by atoms with Crippen LogP contribution in [0.4, 0.5) is 0 Å². The van der Waals surface area contributed by atoms with Crippen molar-refractivity contribution in [1.82, 2.24) is 14.5 Å². The molecule has 0 saturated heterocycles. The molecular formula is C30H36ClN3O5S. The van der Waals surface area contributed by atoms with Crippen molar-refractivity contribution < 1.29 is 22.7 Å². The molecule has 0 aromatic heterocycles. The van der Waals surface area contributed by atoms with Crippen molar-refractivity contribution in [1.29, 1.82) is 0 Å². The molecule has 0 spiro atoms. The maximum absolute atomic E-state index is 14.0. The zero-order chi connectivity index (χ0) is 29.0. The van der Waals surface area contributed by atoms with Crippen molar-refractivity contribution in [2.75, 3.05) is 33.1 Å². The molecule has 3 aromatic rings. The number of carbonyl (C=O) groups excluding carboxylic acids is 2. The van der Waals surface area contributed by atoms with Gasteiger partial charge in [0.25, 0.3) is 0 Å². The lowest BCUT2D eigenvalue weighted by molar-refractivity contribution is -0.141. The van der Waals surface area contributed by atoms with Crippen LogP contribution < -0.4 is 5.32 Å². The van der Waals surface area contributed by atoms with Crippen LogP contribution in [0, 0.1) is 0 Å². The summed E-state index contributed by atoms with van der Waals surface area (Å²) < 4.78 is 31.7. The van der Waals surface area contributed by atoms with E-state index >= 15 is 0 Å². The first-order valence-corrected chi connectivity index (χ1v) is 15.2. The normalized spacial score (nSPS) is 12.2. The van der Waals surface area contributed by atoms with Crippen molar-refractivity contribution in [3.05, 3.63) is 107 Å². The van der Waals surface area contributed by atoms with Gasteiger partial charge in [-0.3, -0.25) is 9.59 Å². The lowest BCUT2D eigenvalue weighted by Crippen LogP contribution is -2.53. The average molecular weight is 586 g/mol. The predicted octanol–water partition coefficient (Wildman–Crippen LogP) is 3.89. The Kier molecular flexibility index (Phi) is 12.1. The van der Waals surface area contributed by atoms with Gasteiger partial charge in [-0.25, -0.2) is 8.42 Å². The summed E-state index contributed by atoms with van der Waals surface area (Å²) in [4.78, 5) is 29.0. The monoisotopic (exact) mass is 585 g/mol. The Bertz CT molecular complexity index is 1320. The van der Waals surface area contributed by atoms with Gasteiger partial charge >= 0.3 is 0 Å². The second-order valence-electron chi connectivity index (χ2n) is 9.51. The molecule has 10 heteroatoms. The van der Waals surface area contributed by atoms with Gasteiger partial charge in [0.2, 0.25) is 21.8 Å². The van der Waals surface area contributed by atoms with Crippen molar-refractivity contribution in [3.63, 3.8) is 0 Å². The summed E-state index contributed by atoms with van der Waals surface area (Å²) in [5.74, 6) is -0.805. The molecule has 3 rings (SSSR count). The third-order valence-electron chi connectivity index (χ3n) is 6.34. The maximum Gasteiger partial charge on any atom is 0.243 e. The number of carbonyl (C=O) groups is 2. The van der Waals surface area contributed by atoms with E-state index in [1.54, 1.807) is 43.5 Å². The largest absolute Gasteiger partial charge is 0.385 e. The van der Waals surface area contributed by atoms with Crippen LogP contribution in [0.2, 0.25) is 5.02 Å². The molecule has 0 unspecified atom stereocenters. The van der Waals surface area contributed by atoms with Gasteiger partial charge in [0, 0.05) is 44.8 Å². The van der Waals surface area contributed by atoms with Crippen LogP contribution >= 0.6 is 11.6 Å². The van der Waals surface area contributed by atoms with Gasteiger partial charge in [-0.15, -0.1) is 0 Å². The van der Waals surface area contributed by atoms with Crippen molar-refractivity contribution in [2.45, 2.75) is 32.0 Å². The third-order valence-corrected chi connectivity index (χ3v) is 7.79. The number of amides is 2. The number of benzene rings is 3. The molecule has 2 amide bonds. The Hall–Kier alpha value is -3.24. The maximum atomic E-state index is 14.0. The van der Waals surface area contributed by atoms with Crippen LogP contribution in [0.5, 0.6) is 0 Å². The number of halogens is 1. The van der Waals surface area contributed by atoms with E-state index in [0.717, 1.165) is 27.3 Å². The summed E-state index contributed by atoms with van der Waals surface area (Å²) in [5.41, 5.74) is 2.39. The zero-order valence-electron chi connectivity index (χ0n) is 22.8. The van der Waals surface area contributed by atoms with E-state index in [0.29, 0.717) is 24.6 Å². The first-order chi connectivity index (χ1) is 19.2. The average Bonchev–Trinajstić information content (AvgIpc) is 2.94. The predicted molar refractivity (Wildman–Crippen MR) is 157 cm³/mol. The van der Waals surface area contributed by atoms with E-state index in [-0.39, 0.29) is 25.4 Å². The summed E-state index contributed by atoms with van der Waals surface area (Å²) in [6.45, 7) is 0.586.